The molecule has 0 spiro atoms. The van der Waals surface area contributed by atoms with Crippen LogP contribution in [0, 0.1) is 0 Å². The fraction of sp³-hybridized carbons (Fsp3) is 0.750. The molecule has 23 heavy (non-hydrogen) atoms. The standard InChI is InChI=1S/C16H27N5O2/c1-5-8-13(22)21-10-7-6-9-12(21)15(23)18-16-17-14(11(2)3)19-20(16)4/h11-12H,5-10H2,1-4H3,(H,17,18,19,23). The molecule has 0 bridgehead atoms. The van der Waals surface area contributed by atoms with Crippen LogP contribution >= 0.6 is 0 Å². The largest absolute Gasteiger partial charge is 0.331 e. The number of carbonyl (C=O) groups excluding carboxylic acids is 2. The maximum absolute atomic E-state index is 12.6. The van der Waals surface area contributed by atoms with E-state index in [0.717, 1.165) is 19.3 Å². The van der Waals surface area contributed by atoms with Crippen LogP contribution in [0.4, 0.5) is 5.95 Å². The van der Waals surface area contributed by atoms with Crippen molar-refractivity contribution in [3.05, 3.63) is 5.82 Å². The molecule has 1 unspecified atom stereocenters. The normalized spacial score (nSPS) is 18.3. The number of nitrogens with zero attached hydrogens (tertiary/aromatic N) is 4. The van der Waals surface area contributed by atoms with Crippen molar-refractivity contribution in [2.45, 2.75) is 64.8 Å². The third kappa shape index (κ3) is 4.09. The molecule has 1 N–H and O–H groups in total. The van der Waals surface area contributed by atoms with E-state index in [9.17, 15) is 9.59 Å². The van der Waals surface area contributed by atoms with E-state index in [2.05, 4.69) is 15.4 Å². The van der Waals surface area contributed by atoms with Crippen molar-refractivity contribution in [1.29, 1.82) is 0 Å². The second-order valence-corrected chi connectivity index (χ2v) is 6.41. The number of aryl methyl sites for hydroxylation is 1. The van der Waals surface area contributed by atoms with Gasteiger partial charge in [0.05, 0.1) is 0 Å². The van der Waals surface area contributed by atoms with E-state index in [-0.39, 0.29) is 17.7 Å². The number of nitrogens with one attached hydrogen (secondary N) is 1. The Bertz CT molecular complexity index is 567. The van der Waals surface area contributed by atoms with Crippen LogP contribution in [-0.2, 0) is 16.6 Å². The predicted octanol–water partition coefficient (Wildman–Crippen LogP) is 2.06. The van der Waals surface area contributed by atoms with Gasteiger partial charge in [-0.05, 0) is 25.7 Å². The Labute approximate surface area is 137 Å². The number of amides is 2. The summed E-state index contributed by atoms with van der Waals surface area (Å²) < 4.78 is 1.58. The van der Waals surface area contributed by atoms with Gasteiger partial charge in [0.1, 0.15) is 6.04 Å². The van der Waals surface area contributed by atoms with Crippen molar-refractivity contribution < 1.29 is 9.59 Å². The second-order valence-electron chi connectivity index (χ2n) is 6.41. The second kappa shape index (κ2) is 7.57. The van der Waals surface area contributed by atoms with Crippen molar-refractivity contribution in [2.75, 3.05) is 11.9 Å². The molecule has 7 nitrogen and oxygen atoms in total. The van der Waals surface area contributed by atoms with Gasteiger partial charge < -0.3 is 4.90 Å². The van der Waals surface area contributed by atoms with Gasteiger partial charge in [0.15, 0.2) is 5.82 Å². The van der Waals surface area contributed by atoms with E-state index < -0.39 is 6.04 Å². The van der Waals surface area contributed by atoms with Gasteiger partial charge in [-0.25, -0.2) is 4.68 Å². The molecule has 1 aliphatic heterocycles. The Morgan fingerprint density at radius 2 is 2.09 bits per heavy atom. The quantitative estimate of drug-likeness (QED) is 0.900. The molecule has 1 aromatic heterocycles. The molecule has 1 fully saturated rings. The highest BCUT2D eigenvalue weighted by Crippen LogP contribution is 2.20. The first-order valence-electron chi connectivity index (χ1n) is 8.45. The van der Waals surface area contributed by atoms with Gasteiger partial charge in [-0.3, -0.25) is 14.9 Å². The molecule has 0 aliphatic carbocycles. The first kappa shape index (κ1) is 17.4. The summed E-state index contributed by atoms with van der Waals surface area (Å²) in [5, 5.41) is 7.14. The fourth-order valence-electron chi connectivity index (χ4n) is 2.81. The van der Waals surface area contributed by atoms with Gasteiger partial charge in [-0.1, -0.05) is 20.8 Å². The van der Waals surface area contributed by atoms with Crippen LogP contribution in [0.2, 0.25) is 0 Å². The molecule has 2 amide bonds. The molecule has 0 saturated carbocycles. The molecule has 2 heterocycles. The maximum atomic E-state index is 12.6. The molecule has 128 valence electrons. The van der Waals surface area contributed by atoms with Gasteiger partial charge in [0.2, 0.25) is 17.8 Å². The number of anilines is 1. The third-order valence-electron chi connectivity index (χ3n) is 4.12. The summed E-state index contributed by atoms with van der Waals surface area (Å²) in [6.45, 7) is 6.65. The Hall–Kier alpha value is -1.92. The minimum absolute atomic E-state index is 0.0631. The summed E-state index contributed by atoms with van der Waals surface area (Å²) in [6.07, 6.45) is 3.91. The highest BCUT2D eigenvalue weighted by Gasteiger charge is 2.32. The van der Waals surface area contributed by atoms with E-state index in [0.29, 0.717) is 31.2 Å². The first-order valence-corrected chi connectivity index (χ1v) is 8.45. The van der Waals surface area contributed by atoms with Crippen molar-refractivity contribution in [2.24, 2.45) is 7.05 Å². The Morgan fingerprint density at radius 3 is 2.70 bits per heavy atom. The summed E-state index contributed by atoms with van der Waals surface area (Å²) in [5.74, 6) is 1.23. The zero-order chi connectivity index (χ0) is 17.0. The van der Waals surface area contributed by atoms with Crippen LogP contribution in [0.15, 0.2) is 0 Å². The van der Waals surface area contributed by atoms with Gasteiger partial charge in [0.25, 0.3) is 0 Å². The number of hydrogen-bond donors (Lipinski definition) is 1. The van der Waals surface area contributed by atoms with Gasteiger partial charge in [-0.15, -0.1) is 0 Å². The summed E-state index contributed by atoms with van der Waals surface area (Å²) in [5.41, 5.74) is 0. The number of piperidine rings is 1. The minimum Gasteiger partial charge on any atom is -0.331 e. The third-order valence-corrected chi connectivity index (χ3v) is 4.12. The fourth-order valence-corrected chi connectivity index (χ4v) is 2.81. The number of likely N-dealkylation sites (tertiary alicyclic amines) is 1. The summed E-state index contributed by atoms with van der Waals surface area (Å²) in [4.78, 5) is 31.0. The Balaban J connectivity index is 2.10. The molecule has 0 radical (unpaired) electrons. The van der Waals surface area contributed by atoms with E-state index in [1.54, 1.807) is 16.6 Å². The molecule has 1 saturated heterocycles. The van der Waals surface area contributed by atoms with Crippen molar-refractivity contribution >= 4 is 17.8 Å². The number of carbonyl (C=O) groups is 2. The SMILES string of the molecule is CCCC(=O)N1CCCCC1C(=O)Nc1nc(C(C)C)nn1C. The van der Waals surface area contributed by atoms with Crippen LogP contribution < -0.4 is 5.32 Å². The molecule has 1 aromatic rings. The van der Waals surface area contributed by atoms with Crippen LogP contribution in [-0.4, -0.2) is 44.1 Å². The highest BCUT2D eigenvalue weighted by atomic mass is 16.2. The number of aromatic nitrogens is 3. The van der Waals surface area contributed by atoms with Crippen LogP contribution in [0.5, 0.6) is 0 Å². The summed E-state index contributed by atoms with van der Waals surface area (Å²) in [7, 11) is 1.76. The van der Waals surface area contributed by atoms with Crippen molar-refractivity contribution in [1.82, 2.24) is 19.7 Å². The monoisotopic (exact) mass is 321 g/mol. The van der Waals surface area contributed by atoms with Crippen LogP contribution in [0.3, 0.4) is 0 Å². The molecule has 2 rings (SSSR count). The zero-order valence-corrected chi connectivity index (χ0v) is 14.5. The first-order chi connectivity index (χ1) is 10.9. The lowest BCUT2D eigenvalue weighted by Crippen LogP contribution is -2.50. The lowest BCUT2D eigenvalue weighted by Gasteiger charge is -2.34. The minimum atomic E-state index is -0.401. The molecule has 0 aromatic carbocycles. The van der Waals surface area contributed by atoms with Crippen molar-refractivity contribution in [3.63, 3.8) is 0 Å². The van der Waals surface area contributed by atoms with Crippen LogP contribution in [0.1, 0.15) is 64.6 Å². The van der Waals surface area contributed by atoms with Gasteiger partial charge in [0, 0.05) is 25.9 Å². The predicted molar refractivity (Wildman–Crippen MR) is 88.0 cm³/mol. The highest BCUT2D eigenvalue weighted by molar-refractivity contribution is 5.96. The molecule has 1 atom stereocenters. The number of hydrogen-bond acceptors (Lipinski definition) is 4. The molecule has 1 aliphatic rings. The van der Waals surface area contributed by atoms with Gasteiger partial charge in [-0.2, -0.15) is 10.1 Å². The summed E-state index contributed by atoms with van der Waals surface area (Å²) >= 11 is 0. The number of rotatable bonds is 5. The Kier molecular flexibility index (Phi) is 5.74. The topological polar surface area (TPSA) is 80.1 Å². The zero-order valence-electron chi connectivity index (χ0n) is 14.5. The van der Waals surface area contributed by atoms with Crippen LogP contribution in [0.25, 0.3) is 0 Å². The van der Waals surface area contributed by atoms with E-state index in [1.807, 2.05) is 20.8 Å². The lowest BCUT2D eigenvalue weighted by atomic mass is 10.0. The molecular formula is C16H27N5O2. The summed E-state index contributed by atoms with van der Waals surface area (Å²) in [6, 6.07) is -0.401. The Morgan fingerprint density at radius 1 is 1.35 bits per heavy atom. The average Bonchev–Trinajstić information content (AvgIpc) is 2.89. The average molecular weight is 321 g/mol. The molecule has 7 heteroatoms. The van der Waals surface area contributed by atoms with E-state index in [1.165, 1.54) is 0 Å². The lowest BCUT2D eigenvalue weighted by molar-refractivity contribution is -0.140. The van der Waals surface area contributed by atoms with E-state index >= 15 is 0 Å². The molecular weight excluding hydrogens is 294 g/mol. The maximum Gasteiger partial charge on any atom is 0.249 e. The van der Waals surface area contributed by atoms with Gasteiger partial charge >= 0.3 is 0 Å². The smallest absolute Gasteiger partial charge is 0.249 e. The van der Waals surface area contributed by atoms with E-state index in [4.69, 9.17) is 0 Å². The van der Waals surface area contributed by atoms with Crippen molar-refractivity contribution in [3.8, 4) is 0 Å².